The molecular formula is C34H30N4O5. The zero-order valence-electron chi connectivity index (χ0n) is 24.2. The standard InChI is InChI=1S/C17H16N2O3.C17H14N2O2/c1-17(2)16(21)15(19-8-4-3-5-14(19)20)12-9-11(10-18)6-7-13(12)22-17;1-17(2)10-14(19-8-4-3-5-16(19)20)13-9-12(11-18)6-7-15(13)21-17/h3-9,15-16,21H,1-2H3;3-10H,1-2H3/t15-,16+;/m1./s1. The van der Waals surface area contributed by atoms with Crippen LogP contribution in [0.2, 0.25) is 0 Å². The van der Waals surface area contributed by atoms with E-state index in [1.165, 1.54) is 16.7 Å². The smallest absolute Gasteiger partial charge is 0.255 e. The molecular weight excluding hydrogens is 544 g/mol. The summed E-state index contributed by atoms with van der Waals surface area (Å²) in [6.45, 7) is 7.42. The predicted molar refractivity (Wildman–Crippen MR) is 161 cm³/mol. The van der Waals surface area contributed by atoms with Crippen LogP contribution in [-0.2, 0) is 0 Å². The molecule has 9 heteroatoms. The molecule has 2 aromatic carbocycles. The summed E-state index contributed by atoms with van der Waals surface area (Å²) in [5.41, 5.74) is 1.43. The van der Waals surface area contributed by atoms with Crippen molar-refractivity contribution in [3.63, 3.8) is 0 Å². The highest BCUT2D eigenvalue weighted by atomic mass is 16.5. The summed E-state index contributed by atoms with van der Waals surface area (Å²) in [5, 5.41) is 28.9. The van der Waals surface area contributed by atoms with E-state index >= 15 is 0 Å². The second kappa shape index (κ2) is 11.1. The first-order valence-electron chi connectivity index (χ1n) is 13.7. The first-order valence-corrected chi connectivity index (χ1v) is 13.7. The second-order valence-corrected chi connectivity index (χ2v) is 11.4. The Morgan fingerprint density at radius 1 is 0.791 bits per heavy atom. The maximum Gasteiger partial charge on any atom is 0.255 e. The summed E-state index contributed by atoms with van der Waals surface area (Å²) >= 11 is 0. The van der Waals surface area contributed by atoms with E-state index in [0.29, 0.717) is 28.2 Å². The Hall–Kier alpha value is -5.38. The number of aliphatic hydroxyl groups excluding tert-OH is 1. The summed E-state index contributed by atoms with van der Waals surface area (Å²) < 4.78 is 14.8. The lowest BCUT2D eigenvalue weighted by Crippen LogP contribution is -2.52. The van der Waals surface area contributed by atoms with Crippen LogP contribution >= 0.6 is 0 Å². The normalized spacial score (nSPS) is 18.9. The van der Waals surface area contributed by atoms with Crippen molar-refractivity contribution in [2.24, 2.45) is 0 Å². The van der Waals surface area contributed by atoms with E-state index in [9.17, 15) is 14.7 Å². The number of fused-ring (bicyclic) bond motifs is 2. The first-order chi connectivity index (χ1) is 20.4. The van der Waals surface area contributed by atoms with E-state index in [2.05, 4.69) is 12.1 Å². The molecule has 0 aliphatic carbocycles. The van der Waals surface area contributed by atoms with E-state index in [4.69, 9.17) is 20.0 Å². The third-order valence-electron chi connectivity index (χ3n) is 7.32. The highest BCUT2D eigenvalue weighted by Crippen LogP contribution is 2.42. The van der Waals surface area contributed by atoms with Crippen LogP contribution in [0.1, 0.15) is 56.0 Å². The summed E-state index contributed by atoms with van der Waals surface area (Å²) in [5.74, 6) is 1.25. The van der Waals surface area contributed by atoms with Gasteiger partial charge < -0.3 is 19.1 Å². The van der Waals surface area contributed by atoms with Crippen LogP contribution in [0.3, 0.4) is 0 Å². The van der Waals surface area contributed by atoms with Gasteiger partial charge in [-0.3, -0.25) is 14.2 Å². The first kappa shape index (κ1) is 29.1. The Balaban J connectivity index is 0.000000171. The molecule has 4 aromatic rings. The molecule has 0 spiro atoms. The average Bonchev–Trinajstić information content (AvgIpc) is 2.98. The Morgan fingerprint density at radius 3 is 2.07 bits per heavy atom. The number of aromatic nitrogens is 2. The monoisotopic (exact) mass is 574 g/mol. The minimum Gasteiger partial charge on any atom is -0.485 e. The highest BCUT2D eigenvalue weighted by molar-refractivity contribution is 5.74. The van der Waals surface area contributed by atoms with Crippen LogP contribution in [0.5, 0.6) is 11.5 Å². The van der Waals surface area contributed by atoms with Gasteiger partial charge >= 0.3 is 0 Å². The fourth-order valence-electron chi connectivity index (χ4n) is 5.24. The van der Waals surface area contributed by atoms with E-state index in [0.717, 1.165) is 11.3 Å². The number of hydrogen-bond acceptors (Lipinski definition) is 7. The van der Waals surface area contributed by atoms with Crippen molar-refractivity contribution >= 4 is 5.70 Å². The van der Waals surface area contributed by atoms with E-state index in [1.807, 2.05) is 19.9 Å². The molecule has 43 heavy (non-hydrogen) atoms. The van der Waals surface area contributed by atoms with Gasteiger partial charge in [-0.25, -0.2) is 0 Å². The van der Waals surface area contributed by atoms with Gasteiger partial charge in [0.1, 0.15) is 28.8 Å². The maximum absolute atomic E-state index is 12.2. The van der Waals surface area contributed by atoms with Crippen molar-refractivity contribution < 1.29 is 14.6 Å². The molecule has 0 bridgehead atoms. The molecule has 2 aromatic heterocycles. The third-order valence-corrected chi connectivity index (χ3v) is 7.32. The van der Waals surface area contributed by atoms with Gasteiger partial charge in [0.05, 0.1) is 35.0 Å². The zero-order valence-corrected chi connectivity index (χ0v) is 24.2. The van der Waals surface area contributed by atoms with Gasteiger partial charge in [-0.15, -0.1) is 0 Å². The summed E-state index contributed by atoms with van der Waals surface area (Å²) in [7, 11) is 0. The Kier molecular flexibility index (Phi) is 7.54. The van der Waals surface area contributed by atoms with Crippen molar-refractivity contribution in [3.8, 4) is 23.6 Å². The number of ether oxygens (including phenoxy) is 2. The molecule has 0 radical (unpaired) electrons. The number of hydrogen-bond donors (Lipinski definition) is 1. The molecule has 0 unspecified atom stereocenters. The third kappa shape index (κ3) is 5.72. The number of rotatable bonds is 2. The van der Waals surface area contributed by atoms with Crippen molar-refractivity contribution in [1.29, 1.82) is 10.5 Å². The van der Waals surface area contributed by atoms with Crippen molar-refractivity contribution in [2.75, 3.05) is 0 Å². The van der Waals surface area contributed by atoms with Crippen LogP contribution in [0.4, 0.5) is 0 Å². The van der Waals surface area contributed by atoms with Crippen molar-refractivity contribution in [3.05, 3.63) is 134 Å². The lowest BCUT2D eigenvalue weighted by molar-refractivity contribution is -0.0642. The van der Waals surface area contributed by atoms with Crippen LogP contribution < -0.4 is 20.6 Å². The van der Waals surface area contributed by atoms with Crippen LogP contribution in [-0.4, -0.2) is 31.5 Å². The van der Waals surface area contributed by atoms with Gasteiger partial charge in [0, 0.05) is 35.7 Å². The number of benzene rings is 2. The lowest BCUT2D eigenvalue weighted by atomic mass is 9.85. The molecule has 2 atom stereocenters. The number of nitriles is 2. The maximum atomic E-state index is 12.2. The minimum atomic E-state index is -0.922. The van der Waals surface area contributed by atoms with Gasteiger partial charge in [-0.05, 0) is 82.3 Å². The summed E-state index contributed by atoms with van der Waals surface area (Å²) in [4.78, 5) is 24.3. The highest BCUT2D eigenvalue weighted by Gasteiger charge is 2.44. The van der Waals surface area contributed by atoms with Gasteiger partial charge in [0.15, 0.2) is 0 Å². The van der Waals surface area contributed by atoms with E-state index in [1.54, 1.807) is 91.5 Å². The lowest BCUT2D eigenvalue weighted by Gasteiger charge is -2.42. The van der Waals surface area contributed by atoms with Gasteiger partial charge in [-0.1, -0.05) is 12.1 Å². The van der Waals surface area contributed by atoms with Crippen LogP contribution in [0.25, 0.3) is 5.70 Å². The molecule has 2 aliphatic rings. The SMILES string of the molecule is CC1(C)C=C(n2ccccc2=O)c2cc(C#N)ccc2O1.CC1(C)Oc2ccc(C#N)cc2[C@@H](n2ccccc2=O)[C@@H]1O. The second-order valence-electron chi connectivity index (χ2n) is 11.4. The fourth-order valence-corrected chi connectivity index (χ4v) is 5.24. The molecule has 0 amide bonds. The predicted octanol–water partition coefficient (Wildman–Crippen LogP) is 4.62. The molecule has 0 saturated heterocycles. The molecule has 0 fully saturated rings. The molecule has 4 heterocycles. The van der Waals surface area contributed by atoms with Crippen molar-refractivity contribution in [2.45, 2.75) is 51.0 Å². The zero-order chi connectivity index (χ0) is 30.9. The number of aliphatic hydroxyl groups is 1. The van der Waals surface area contributed by atoms with E-state index in [-0.39, 0.29) is 11.1 Å². The molecule has 216 valence electrons. The Morgan fingerprint density at radius 2 is 1.42 bits per heavy atom. The molecule has 6 rings (SSSR count). The average molecular weight is 575 g/mol. The Bertz CT molecular complexity index is 1940. The summed E-state index contributed by atoms with van der Waals surface area (Å²) in [6.07, 6.45) is 4.34. The quantitative estimate of drug-likeness (QED) is 0.370. The van der Waals surface area contributed by atoms with Crippen LogP contribution in [0.15, 0.2) is 101 Å². The molecule has 2 aliphatic heterocycles. The van der Waals surface area contributed by atoms with Gasteiger partial charge in [0.25, 0.3) is 11.1 Å². The molecule has 0 saturated carbocycles. The van der Waals surface area contributed by atoms with Crippen LogP contribution in [0, 0.1) is 22.7 Å². The minimum absolute atomic E-state index is 0.116. The van der Waals surface area contributed by atoms with Crippen molar-refractivity contribution in [1.82, 2.24) is 9.13 Å². The summed E-state index contributed by atoms with van der Waals surface area (Å²) in [6, 6.07) is 23.7. The van der Waals surface area contributed by atoms with Gasteiger partial charge in [-0.2, -0.15) is 10.5 Å². The van der Waals surface area contributed by atoms with E-state index < -0.39 is 23.3 Å². The molecule has 1 N–H and O–H groups in total. The number of nitrogens with zero attached hydrogens (tertiary/aromatic N) is 4. The largest absolute Gasteiger partial charge is 0.485 e. The fraction of sp³-hybridized carbons (Fsp3) is 0.235. The van der Waals surface area contributed by atoms with Gasteiger partial charge in [0.2, 0.25) is 0 Å². The Labute approximate surface area is 248 Å². The molecule has 9 nitrogen and oxygen atoms in total. The number of pyridine rings is 2. The topological polar surface area (TPSA) is 130 Å².